The zero-order valence-electron chi connectivity index (χ0n) is 16.5. The largest absolute Gasteiger partial charge is 0.323 e. The molecule has 4 heterocycles. The number of carbonyl (C=O) groups excluding carboxylic acids is 1. The molecule has 148 valence electrons. The van der Waals surface area contributed by atoms with Gasteiger partial charge in [-0.25, -0.2) is 9.78 Å². The lowest BCUT2D eigenvalue weighted by Crippen LogP contribution is -2.38. The average Bonchev–Trinajstić information content (AvgIpc) is 3.25. The molecule has 0 spiro atoms. The second kappa shape index (κ2) is 8.22. The zero-order valence-corrected chi connectivity index (χ0v) is 16.5. The number of nitrogens with zero attached hydrogens (tertiary/aromatic N) is 6. The lowest BCUT2D eigenvalue weighted by atomic mass is 10.1. The summed E-state index contributed by atoms with van der Waals surface area (Å²) in [6.45, 7) is 5.29. The van der Waals surface area contributed by atoms with Crippen LogP contribution in [-0.4, -0.2) is 48.8 Å². The van der Waals surface area contributed by atoms with Gasteiger partial charge in [-0.05, 0) is 50.1 Å². The third-order valence-electron chi connectivity index (χ3n) is 4.77. The first kappa shape index (κ1) is 18.8. The lowest BCUT2D eigenvalue weighted by Gasteiger charge is -2.27. The van der Waals surface area contributed by atoms with E-state index in [4.69, 9.17) is 0 Å². The summed E-state index contributed by atoms with van der Waals surface area (Å²) in [5.74, 6) is 1.16. The normalized spacial score (nSPS) is 14.0. The van der Waals surface area contributed by atoms with Gasteiger partial charge in [0, 0.05) is 25.3 Å². The average molecular weight is 389 g/mol. The summed E-state index contributed by atoms with van der Waals surface area (Å²) in [5, 5.41) is 11.1. The van der Waals surface area contributed by atoms with Gasteiger partial charge >= 0.3 is 6.03 Å². The van der Waals surface area contributed by atoms with Crippen LogP contribution in [0.4, 0.5) is 10.6 Å². The Kier molecular flexibility index (Phi) is 5.33. The molecule has 0 atom stereocenters. The predicted molar refractivity (Wildman–Crippen MR) is 111 cm³/mol. The Hall–Kier alpha value is -3.55. The maximum Gasteiger partial charge on any atom is 0.323 e. The van der Waals surface area contributed by atoms with Crippen molar-refractivity contribution in [2.75, 3.05) is 18.4 Å². The van der Waals surface area contributed by atoms with Crippen LogP contribution >= 0.6 is 0 Å². The minimum absolute atomic E-state index is 0.179. The molecule has 4 rings (SSSR count). The van der Waals surface area contributed by atoms with E-state index in [9.17, 15) is 4.79 Å². The molecule has 8 heteroatoms. The molecule has 2 amide bonds. The van der Waals surface area contributed by atoms with Gasteiger partial charge < -0.3 is 9.47 Å². The van der Waals surface area contributed by atoms with Crippen LogP contribution in [0.5, 0.6) is 0 Å². The van der Waals surface area contributed by atoms with Crippen LogP contribution in [0.15, 0.2) is 55.0 Å². The van der Waals surface area contributed by atoms with Crippen LogP contribution in [0.1, 0.15) is 32.0 Å². The zero-order chi connectivity index (χ0) is 20.2. The summed E-state index contributed by atoms with van der Waals surface area (Å²) < 4.78 is 1.95. The Morgan fingerprint density at radius 2 is 2.00 bits per heavy atom. The molecule has 0 unspecified atom stereocenters. The predicted octanol–water partition coefficient (Wildman–Crippen LogP) is 3.64. The first-order valence-electron chi connectivity index (χ1n) is 9.65. The molecule has 1 N–H and O–H groups in total. The molecular formula is C21H23N7O. The van der Waals surface area contributed by atoms with Crippen molar-refractivity contribution in [2.24, 2.45) is 0 Å². The molecule has 0 fully saturated rings. The fourth-order valence-corrected chi connectivity index (χ4v) is 3.28. The summed E-state index contributed by atoms with van der Waals surface area (Å²) in [7, 11) is 0. The van der Waals surface area contributed by atoms with Crippen molar-refractivity contribution in [1.82, 2.24) is 29.6 Å². The van der Waals surface area contributed by atoms with E-state index < -0.39 is 0 Å². The number of anilines is 1. The van der Waals surface area contributed by atoms with Crippen molar-refractivity contribution >= 4 is 17.4 Å². The van der Waals surface area contributed by atoms with E-state index in [-0.39, 0.29) is 12.1 Å². The molecule has 0 aliphatic carbocycles. The number of aromatic nitrogens is 5. The molecule has 3 aromatic heterocycles. The Balaban J connectivity index is 1.48. The van der Waals surface area contributed by atoms with Crippen LogP contribution in [0, 0.1) is 0 Å². The van der Waals surface area contributed by atoms with Crippen molar-refractivity contribution in [3.05, 3.63) is 60.7 Å². The van der Waals surface area contributed by atoms with E-state index in [1.165, 1.54) is 0 Å². The van der Waals surface area contributed by atoms with Crippen molar-refractivity contribution in [1.29, 1.82) is 0 Å². The number of hydrogen-bond donors (Lipinski definition) is 1. The molecule has 0 saturated carbocycles. The highest BCUT2D eigenvalue weighted by atomic mass is 16.2. The smallest absolute Gasteiger partial charge is 0.320 e. The van der Waals surface area contributed by atoms with Gasteiger partial charge in [0.15, 0.2) is 5.82 Å². The fraction of sp³-hybridized carbons (Fsp3) is 0.286. The first-order chi connectivity index (χ1) is 14.1. The number of pyridine rings is 2. The van der Waals surface area contributed by atoms with E-state index >= 15 is 0 Å². The van der Waals surface area contributed by atoms with Crippen molar-refractivity contribution in [3.63, 3.8) is 0 Å². The Bertz CT molecular complexity index is 1030. The van der Waals surface area contributed by atoms with Crippen LogP contribution in [0.25, 0.3) is 17.1 Å². The van der Waals surface area contributed by atoms with Gasteiger partial charge in [-0.15, -0.1) is 10.2 Å². The maximum atomic E-state index is 12.8. The molecule has 1 aliphatic heterocycles. The van der Waals surface area contributed by atoms with Gasteiger partial charge in [-0.1, -0.05) is 18.2 Å². The van der Waals surface area contributed by atoms with Crippen molar-refractivity contribution < 1.29 is 4.79 Å². The minimum atomic E-state index is -0.179. The molecular weight excluding hydrogens is 366 g/mol. The van der Waals surface area contributed by atoms with Gasteiger partial charge in [0.2, 0.25) is 0 Å². The van der Waals surface area contributed by atoms with Crippen LogP contribution in [0.3, 0.4) is 0 Å². The Morgan fingerprint density at radius 1 is 1.14 bits per heavy atom. The second-order valence-corrected chi connectivity index (χ2v) is 7.15. The van der Waals surface area contributed by atoms with E-state index in [0.29, 0.717) is 30.4 Å². The minimum Gasteiger partial charge on any atom is -0.320 e. The molecule has 1 aliphatic rings. The first-order valence-corrected chi connectivity index (χ1v) is 9.65. The summed E-state index contributed by atoms with van der Waals surface area (Å²) >= 11 is 0. The molecule has 0 bridgehead atoms. The Morgan fingerprint density at radius 3 is 2.79 bits per heavy atom. The molecule has 8 nitrogen and oxygen atoms in total. The monoisotopic (exact) mass is 389 g/mol. The number of carbonyl (C=O) groups is 1. The summed E-state index contributed by atoms with van der Waals surface area (Å²) in [6, 6.07) is 11.3. The van der Waals surface area contributed by atoms with Gasteiger partial charge in [0.05, 0.1) is 5.69 Å². The van der Waals surface area contributed by atoms with E-state index in [1.807, 2.05) is 34.9 Å². The van der Waals surface area contributed by atoms with E-state index in [0.717, 1.165) is 17.7 Å². The summed E-state index contributed by atoms with van der Waals surface area (Å²) in [4.78, 5) is 23.5. The number of urea groups is 1. The highest BCUT2D eigenvalue weighted by Crippen LogP contribution is 2.22. The van der Waals surface area contributed by atoms with Gasteiger partial charge in [-0.3, -0.25) is 10.3 Å². The topological polar surface area (TPSA) is 88.8 Å². The number of hydrogen-bond acceptors (Lipinski definition) is 5. The van der Waals surface area contributed by atoms with Gasteiger partial charge in [-0.2, -0.15) is 0 Å². The fourth-order valence-electron chi connectivity index (χ4n) is 3.28. The van der Waals surface area contributed by atoms with E-state index in [2.05, 4.69) is 45.4 Å². The highest BCUT2D eigenvalue weighted by Gasteiger charge is 2.20. The van der Waals surface area contributed by atoms with Gasteiger partial charge in [0.1, 0.15) is 17.8 Å². The van der Waals surface area contributed by atoms with Crippen molar-refractivity contribution in [3.8, 4) is 11.5 Å². The molecule has 0 saturated heterocycles. The van der Waals surface area contributed by atoms with Crippen LogP contribution in [-0.2, 0) is 0 Å². The van der Waals surface area contributed by atoms with E-state index in [1.54, 1.807) is 23.5 Å². The number of amides is 2. The highest BCUT2D eigenvalue weighted by molar-refractivity contribution is 5.90. The standard InChI is InChI=1S/C21H23N7O/c1-15(2)28-14-23-26-20(28)18-9-5-10-19(24-18)25-21(29)27-12-6-7-16(13-27)17-8-3-4-11-22-17/h3-5,7-11,14-15H,6,12-13H2,1-2H3,(H,24,25,29). The third-order valence-corrected chi connectivity index (χ3v) is 4.77. The third kappa shape index (κ3) is 4.16. The van der Waals surface area contributed by atoms with Crippen LogP contribution in [0.2, 0.25) is 0 Å². The number of nitrogens with one attached hydrogen (secondary N) is 1. The molecule has 3 aromatic rings. The molecule has 29 heavy (non-hydrogen) atoms. The summed E-state index contributed by atoms with van der Waals surface area (Å²) in [5.41, 5.74) is 2.62. The second-order valence-electron chi connectivity index (χ2n) is 7.15. The Labute approximate surface area is 169 Å². The number of rotatable bonds is 4. The molecule has 0 aromatic carbocycles. The quantitative estimate of drug-likeness (QED) is 0.736. The maximum absolute atomic E-state index is 12.8. The van der Waals surface area contributed by atoms with Crippen molar-refractivity contribution in [2.45, 2.75) is 26.3 Å². The summed E-state index contributed by atoms with van der Waals surface area (Å²) in [6.07, 6.45) is 6.39. The van der Waals surface area contributed by atoms with Crippen LogP contribution < -0.4 is 5.32 Å². The SMILES string of the molecule is CC(C)n1cnnc1-c1cccc(NC(=O)N2CCC=C(c3ccccn3)C2)n1. The lowest BCUT2D eigenvalue weighted by molar-refractivity contribution is 0.217. The van der Waals surface area contributed by atoms with Gasteiger partial charge in [0.25, 0.3) is 0 Å². The molecule has 0 radical (unpaired) electrons.